The number of hydrogen-bond acceptors (Lipinski definition) is 6. The van der Waals surface area contributed by atoms with Crippen molar-refractivity contribution in [1.82, 2.24) is 18.9 Å². The molecular weight excluding hydrogens is 470 g/mol. The molecule has 0 saturated carbocycles. The Morgan fingerprint density at radius 1 is 1.03 bits per heavy atom. The van der Waals surface area contributed by atoms with Crippen molar-refractivity contribution in [2.24, 2.45) is 0 Å². The molecule has 0 radical (unpaired) electrons. The van der Waals surface area contributed by atoms with E-state index in [9.17, 15) is 13.2 Å². The summed E-state index contributed by atoms with van der Waals surface area (Å²) in [5.41, 5.74) is 3.29. The number of piperidine rings is 1. The number of rotatable bonds is 6. The topological polar surface area (TPSA) is 96.7 Å². The number of anilines is 1. The summed E-state index contributed by atoms with van der Waals surface area (Å²) in [6, 6.07) is 16.4. The SMILES string of the molecule is Cc1cc2nnc(SCC(=O)Nc3cccc(S(=O)(=O)N4CCCCC4)c3)n2c2ccccc12. The summed E-state index contributed by atoms with van der Waals surface area (Å²) in [4.78, 5) is 12.9. The van der Waals surface area contributed by atoms with E-state index in [1.54, 1.807) is 18.2 Å². The number of fused-ring (bicyclic) bond motifs is 3. The summed E-state index contributed by atoms with van der Waals surface area (Å²) in [6.07, 6.45) is 2.80. The number of aryl methyl sites for hydroxylation is 1. The van der Waals surface area contributed by atoms with E-state index in [0.29, 0.717) is 23.9 Å². The van der Waals surface area contributed by atoms with Crippen LogP contribution in [0.4, 0.5) is 5.69 Å². The summed E-state index contributed by atoms with van der Waals surface area (Å²) in [7, 11) is -3.56. The first-order valence-corrected chi connectivity index (χ1v) is 13.6. The molecule has 1 aliphatic rings. The lowest BCUT2D eigenvalue weighted by Crippen LogP contribution is -2.35. The summed E-state index contributed by atoms with van der Waals surface area (Å²) < 4.78 is 29.4. The molecule has 10 heteroatoms. The highest BCUT2D eigenvalue weighted by Gasteiger charge is 2.26. The van der Waals surface area contributed by atoms with Crippen LogP contribution in [-0.4, -0.2) is 52.1 Å². The fraction of sp³-hybridized carbons (Fsp3) is 0.292. The average molecular weight is 496 g/mol. The van der Waals surface area contributed by atoms with E-state index >= 15 is 0 Å². The van der Waals surface area contributed by atoms with Crippen LogP contribution in [0, 0.1) is 6.92 Å². The van der Waals surface area contributed by atoms with Gasteiger partial charge in [-0.25, -0.2) is 8.42 Å². The van der Waals surface area contributed by atoms with E-state index in [4.69, 9.17) is 0 Å². The lowest BCUT2D eigenvalue weighted by molar-refractivity contribution is -0.113. The summed E-state index contributed by atoms with van der Waals surface area (Å²) >= 11 is 1.29. The van der Waals surface area contributed by atoms with Crippen molar-refractivity contribution < 1.29 is 13.2 Å². The Kier molecular flexibility index (Phi) is 6.28. The number of benzene rings is 2. The molecule has 2 aromatic carbocycles. The second kappa shape index (κ2) is 9.36. The Bertz CT molecular complexity index is 1480. The Labute approximate surface area is 202 Å². The molecule has 0 atom stereocenters. The molecule has 0 spiro atoms. The lowest BCUT2D eigenvalue weighted by Gasteiger charge is -2.26. The fourth-order valence-electron chi connectivity index (χ4n) is 4.28. The molecule has 0 aliphatic carbocycles. The maximum Gasteiger partial charge on any atom is 0.243 e. The smallest absolute Gasteiger partial charge is 0.243 e. The predicted molar refractivity (Wildman–Crippen MR) is 134 cm³/mol. The van der Waals surface area contributed by atoms with Crippen molar-refractivity contribution in [3.8, 4) is 0 Å². The molecule has 34 heavy (non-hydrogen) atoms. The number of sulfonamides is 1. The zero-order chi connectivity index (χ0) is 23.7. The van der Waals surface area contributed by atoms with Crippen LogP contribution < -0.4 is 5.32 Å². The van der Waals surface area contributed by atoms with Gasteiger partial charge < -0.3 is 5.32 Å². The summed E-state index contributed by atoms with van der Waals surface area (Å²) in [6.45, 7) is 3.11. The van der Waals surface area contributed by atoms with Crippen molar-refractivity contribution >= 4 is 49.9 Å². The maximum absolute atomic E-state index is 13.0. The zero-order valence-electron chi connectivity index (χ0n) is 18.8. The second-order valence-corrected chi connectivity index (χ2v) is 11.2. The number of pyridine rings is 1. The van der Waals surface area contributed by atoms with Crippen LogP contribution in [0.5, 0.6) is 0 Å². The van der Waals surface area contributed by atoms with E-state index in [2.05, 4.69) is 21.6 Å². The quantitative estimate of drug-likeness (QED) is 0.405. The molecule has 0 unspecified atom stereocenters. The first-order valence-electron chi connectivity index (χ1n) is 11.2. The first-order chi connectivity index (χ1) is 16.4. The third kappa shape index (κ3) is 4.40. The third-order valence-electron chi connectivity index (χ3n) is 5.98. The van der Waals surface area contributed by atoms with E-state index in [0.717, 1.165) is 41.4 Å². The minimum atomic E-state index is -3.56. The normalized spacial score (nSPS) is 15.1. The Morgan fingerprint density at radius 3 is 2.65 bits per heavy atom. The highest BCUT2D eigenvalue weighted by molar-refractivity contribution is 7.99. The third-order valence-corrected chi connectivity index (χ3v) is 8.80. The van der Waals surface area contributed by atoms with Gasteiger partial charge in [-0.1, -0.05) is 42.4 Å². The van der Waals surface area contributed by atoms with E-state index < -0.39 is 10.0 Å². The largest absolute Gasteiger partial charge is 0.325 e. The number of nitrogens with zero attached hydrogens (tertiary/aromatic N) is 4. The number of carbonyl (C=O) groups excluding carboxylic acids is 1. The van der Waals surface area contributed by atoms with E-state index in [1.165, 1.54) is 22.1 Å². The molecule has 8 nitrogen and oxygen atoms in total. The van der Waals surface area contributed by atoms with Gasteiger partial charge in [0.1, 0.15) is 0 Å². The Morgan fingerprint density at radius 2 is 1.82 bits per heavy atom. The van der Waals surface area contributed by atoms with Gasteiger partial charge in [0.15, 0.2) is 10.8 Å². The molecule has 5 rings (SSSR count). The van der Waals surface area contributed by atoms with Crippen LogP contribution in [0.3, 0.4) is 0 Å². The molecule has 1 fully saturated rings. The number of thioether (sulfide) groups is 1. The molecular formula is C24H25N5O3S2. The molecule has 4 aromatic rings. The maximum atomic E-state index is 13.0. The molecule has 1 N–H and O–H groups in total. The average Bonchev–Trinajstić information content (AvgIpc) is 3.26. The Hall–Kier alpha value is -2.95. The molecule has 0 bridgehead atoms. The van der Waals surface area contributed by atoms with Crippen molar-refractivity contribution in [1.29, 1.82) is 0 Å². The standard InChI is InChI=1S/C24H25N5O3S2/c1-17-14-22-26-27-24(29(22)21-11-4-3-10-20(17)21)33-16-23(30)25-18-8-7-9-19(15-18)34(31,32)28-12-5-2-6-13-28/h3-4,7-11,14-15H,2,5-6,12-13,16H2,1H3,(H,25,30). The number of carbonyl (C=O) groups is 1. The van der Waals surface area contributed by atoms with Crippen LogP contribution >= 0.6 is 11.8 Å². The van der Waals surface area contributed by atoms with Crippen LogP contribution in [-0.2, 0) is 14.8 Å². The minimum absolute atomic E-state index is 0.117. The van der Waals surface area contributed by atoms with Gasteiger partial charge >= 0.3 is 0 Å². The number of para-hydroxylation sites is 1. The van der Waals surface area contributed by atoms with Gasteiger partial charge in [0, 0.05) is 24.2 Å². The number of hydrogen-bond donors (Lipinski definition) is 1. The summed E-state index contributed by atoms with van der Waals surface area (Å²) in [5, 5.41) is 13.1. The van der Waals surface area contributed by atoms with Gasteiger partial charge in [0.05, 0.1) is 16.2 Å². The van der Waals surface area contributed by atoms with Crippen molar-refractivity contribution in [2.75, 3.05) is 24.2 Å². The molecule has 1 aliphatic heterocycles. The van der Waals surface area contributed by atoms with Gasteiger partial charge in [-0.05, 0) is 55.7 Å². The van der Waals surface area contributed by atoms with Crippen LogP contribution in [0.15, 0.2) is 64.6 Å². The number of nitrogens with one attached hydrogen (secondary N) is 1. The van der Waals surface area contributed by atoms with Crippen LogP contribution in [0.1, 0.15) is 24.8 Å². The van der Waals surface area contributed by atoms with Crippen LogP contribution in [0.25, 0.3) is 16.6 Å². The molecule has 1 saturated heterocycles. The molecule has 2 aromatic heterocycles. The van der Waals surface area contributed by atoms with Gasteiger partial charge in [0.2, 0.25) is 15.9 Å². The summed E-state index contributed by atoms with van der Waals surface area (Å²) in [5.74, 6) is -0.128. The Balaban J connectivity index is 1.31. The lowest BCUT2D eigenvalue weighted by atomic mass is 10.1. The van der Waals surface area contributed by atoms with E-state index in [-0.39, 0.29) is 16.6 Å². The molecule has 176 valence electrons. The highest BCUT2D eigenvalue weighted by Crippen LogP contribution is 2.26. The second-order valence-electron chi connectivity index (χ2n) is 8.35. The molecule has 3 heterocycles. The van der Waals surface area contributed by atoms with Crippen molar-refractivity contribution in [3.63, 3.8) is 0 Å². The van der Waals surface area contributed by atoms with Crippen molar-refractivity contribution in [3.05, 3.63) is 60.2 Å². The zero-order valence-corrected chi connectivity index (χ0v) is 20.4. The first kappa shape index (κ1) is 22.8. The minimum Gasteiger partial charge on any atom is -0.325 e. The van der Waals surface area contributed by atoms with Crippen LogP contribution in [0.2, 0.25) is 0 Å². The predicted octanol–water partition coefficient (Wildman–Crippen LogP) is 4.10. The fourth-order valence-corrected chi connectivity index (χ4v) is 6.60. The van der Waals surface area contributed by atoms with E-state index in [1.807, 2.05) is 35.6 Å². The van der Waals surface area contributed by atoms with Gasteiger partial charge in [-0.3, -0.25) is 9.20 Å². The number of amides is 1. The van der Waals surface area contributed by atoms with Gasteiger partial charge in [-0.15, -0.1) is 10.2 Å². The van der Waals surface area contributed by atoms with Gasteiger partial charge in [-0.2, -0.15) is 4.31 Å². The monoisotopic (exact) mass is 495 g/mol. The van der Waals surface area contributed by atoms with Crippen molar-refractivity contribution in [2.45, 2.75) is 36.2 Å². The molecule has 1 amide bonds. The van der Waals surface area contributed by atoms with Gasteiger partial charge in [0.25, 0.3) is 0 Å². The number of aromatic nitrogens is 3. The highest BCUT2D eigenvalue weighted by atomic mass is 32.2.